The normalized spacial score (nSPS) is 13.8. The lowest BCUT2D eigenvalue weighted by Gasteiger charge is -2.24. The van der Waals surface area contributed by atoms with Crippen molar-refractivity contribution in [3.63, 3.8) is 0 Å². The Morgan fingerprint density at radius 2 is 1.30 bits per heavy atom. The second kappa shape index (κ2) is 11.0. The summed E-state index contributed by atoms with van der Waals surface area (Å²) in [6, 6.07) is 46.2. The SMILES string of the molecule is Cn1c2ccccc2c2c3c(c4c(c21)Cc1ccccc1-4)-c1ccccc1C3(C)C.N=C(/C=C(\N)c1ccccc1)c1ccccc1. The molecule has 0 spiro atoms. The fourth-order valence-corrected chi connectivity index (χ4v) is 7.94. The summed E-state index contributed by atoms with van der Waals surface area (Å²) in [6.07, 6.45) is 2.70. The van der Waals surface area contributed by atoms with Gasteiger partial charge in [0.15, 0.2) is 0 Å². The third-order valence-corrected chi connectivity index (χ3v) is 10.1. The molecule has 9 rings (SSSR count). The van der Waals surface area contributed by atoms with Crippen molar-refractivity contribution in [1.82, 2.24) is 4.57 Å². The average Bonchev–Trinajstić information content (AvgIpc) is 3.71. The predicted octanol–water partition coefficient (Wildman–Crippen LogP) is 10.3. The van der Waals surface area contributed by atoms with Crippen LogP contribution in [0.25, 0.3) is 49.8 Å². The zero-order valence-electron chi connectivity index (χ0n) is 27.0. The minimum Gasteiger partial charge on any atom is -0.398 e. The van der Waals surface area contributed by atoms with Gasteiger partial charge in [-0.1, -0.05) is 141 Å². The van der Waals surface area contributed by atoms with Crippen molar-refractivity contribution in [2.75, 3.05) is 0 Å². The van der Waals surface area contributed by atoms with Crippen molar-refractivity contribution in [3.05, 3.63) is 173 Å². The Balaban J connectivity index is 0.000000163. The Morgan fingerprint density at radius 3 is 2.04 bits per heavy atom. The summed E-state index contributed by atoms with van der Waals surface area (Å²) in [5.41, 5.74) is 23.2. The number of aromatic nitrogens is 1. The maximum atomic E-state index is 7.95. The van der Waals surface area contributed by atoms with Gasteiger partial charge in [-0.25, -0.2) is 0 Å². The second-order valence-corrected chi connectivity index (χ2v) is 13.2. The number of allylic oxidation sites excluding steroid dienone is 1. The highest BCUT2D eigenvalue weighted by molar-refractivity contribution is 6.18. The number of rotatable bonds is 3. The zero-order chi connectivity index (χ0) is 32.3. The van der Waals surface area contributed by atoms with Crippen molar-refractivity contribution < 1.29 is 0 Å². The second-order valence-electron chi connectivity index (χ2n) is 13.2. The Kier molecular flexibility index (Phi) is 6.73. The quantitative estimate of drug-likeness (QED) is 0.193. The van der Waals surface area contributed by atoms with E-state index in [-0.39, 0.29) is 5.41 Å². The van der Waals surface area contributed by atoms with Crippen LogP contribution in [-0.4, -0.2) is 10.3 Å². The van der Waals surface area contributed by atoms with Crippen molar-refractivity contribution in [2.24, 2.45) is 12.8 Å². The number of hydrogen-bond acceptors (Lipinski definition) is 2. The van der Waals surface area contributed by atoms with Gasteiger partial charge >= 0.3 is 0 Å². The molecule has 2 aliphatic carbocycles. The fourth-order valence-electron chi connectivity index (χ4n) is 7.94. The van der Waals surface area contributed by atoms with Crippen LogP contribution in [-0.2, 0) is 18.9 Å². The lowest BCUT2D eigenvalue weighted by atomic mass is 9.79. The molecule has 1 heterocycles. The lowest BCUT2D eigenvalue weighted by molar-refractivity contribution is 0.666. The number of nitrogens with zero attached hydrogens (tertiary/aromatic N) is 1. The summed E-state index contributed by atoms with van der Waals surface area (Å²) >= 11 is 0. The maximum Gasteiger partial charge on any atom is 0.0632 e. The van der Waals surface area contributed by atoms with E-state index in [0.29, 0.717) is 11.4 Å². The number of para-hydroxylation sites is 1. The highest BCUT2D eigenvalue weighted by Crippen LogP contribution is 2.59. The van der Waals surface area contributed by atoms with Gasteiger partial charge in [-0.05, 0) is 67.8 Å². The van der Waals surface area contributed by atoms with Crippen LogP contribution in [0.5, 0.6) is 0 Å². The van der Waals surface area contributed by atoms with Crippen LogP contribution in [0.15, 0.2) is 140 Å². The van der Waals surface area contributed by atoms with E-state index in [4.69, 9.17) is 11.1 Å². The Labute approximate surface area is 276 Å². The van der Waals surface area contributed by atoms with Gasteiger partial charge in [-0.3, -0.25) is 0 Å². The lowest BCUT2D eigenvalue weighted by Crippen LogP contribution is -2.15. The average molecular weight is 608 g/mol. The molecule has 0 fully saturated rings. The minimum absolute atomic E-state index is 0.0269. The topological polar surface area (TPSA) is 54.8 Å². The number of fused-ring (bicyclic) bond motifs is 12. The number of aryl methyl sites for hydroxylation is 1. The van der Waals surface area contributed by atoms with Gasteiger partial charge in [0.25, 0.3) is 0 Å². The van der Waals surface area contributed by atoms with Crippen molar-refractivity contribution in [1.29, 1.82) is 5.41 Å². The van der Waals surface area contributed by atoms with E-state index in [1.165, 1.54) is 66.3 Å². The van der Waals surface area contributed by atoms with Crippen LogP contribution >= 0.6 is 0 Å². The van der Waals surface area contributed by atoms with Crippen LogP contribution in [0.1, 0.15) is 47.2 Å². The van der Waals surface area contributed by atoms with Crippen LogP contribution in [0, 0.1) is 5.41 Å². The molecule has 228 valence electrons. The summed E-state index contributed by atoms with van der Waals surface area (Å²) in [6.45, 7) is 4.82. The molecule has 2 aliphatic rings. The van der Waals surface area contributed by atoms with E-state index in [1.807, 2.05) is 60.7 Å². The van der Waals surface area contributed by atoms with Gasteiger partial charge < -0.3 is 15.7 Å². The summed E-state index contributed by atoms with van der Waals surface area (Å²) in [4.78, 5) is 0. The summed E-state index contributed by atoms with van der Waals surface area (Å²) in [5.74, 6) is 0. The summed E-state index contributed by atoms with van der Waals surface area (Å²) in [5, 5.41) is 10.8. The Bertz CT molecular complexity index is 2370. The van der Waals surface area contributed by atoms with Gasteiger partial charge in [0.05, 0.1) is 11.2 Å². The third-order valence-electron chi connectivity index (χ3n) is 10.1. The standard InChI is InChI=1S/C29H23N.C15H14N2/c1-29(2)22-14-8-6-12-19(22)25-24-18-11-5-4-10-17(18)16-21(24)28-26(27(25)29)20-13-7-9-15-23(20)30(28)3;16-14(12-7-3-1-4-8-12)11-15(17)13-9-5-2-6-10-13/h4-15H,16H2,1-3H3;1-11,16H,17H2/b;15-11-,16-14?. The summed E-state index contributed by atoms with van der Waals surface area (Å²) < 4.78 is 2.44. The fraction of sp³-hybridized carbons (Fsp3) is 0.114. The molecule has 7 aromatic rings. The number of hydrogen-bond donors (Lipinski definition) is 2. The monoisotopic (exact) mass is 607 g/mol. The first-order valence-electron chi connectivity index (χ1n) is 16.3. The van der Waals surface area contributed by atoms with E-state index in [9.17, 15) is 0 Å². The summed E-state index contributed by atoms with van der Waals surface area (Å²) in [7, 11) is 2.25. The largest absolute Gasteiger partial charge is 0.398 e. The van der Waals surface area contributed by atoms with Gasteiger partial charge in [0.1, 0.15) is 0 Å². The molecule has 47 heavy (non-hydrogen) atoms. The highest BCUT2D eigenvalue weighted by Gasteiger charge is 2.42. The number of benzene rings is 6. The predicted molar refractivity (Wildman–Crippen MR) is 198 cm³/mol. The molecule has 0 radical (unpaired) electrons. The molecule has 0 bridgehead atoms. The number of nitrogens with one attached hydrogen (secondary N) is 1. The first kappa shape index (κ1) is 28.8. The Morgan fingerprint density at radius 1 is 0.702 bits per heavy atom. The van der Waals surface area contributed by atoms with E-state index in [2.05, 4.69) is 98.3 Å². The molecule has 0 atom stereocenters. The van der Waals surface area contributed by atoms with Crippen molar-refractivity contribution >= 4 is 33.2 Å². The van der Waals surface area contributed by atoms with Crippen LogP contribution < -0.4 is 5.73 Å². The molecule has 3 N–H and O–H groups in total. The van der Waals surface area contributed by atoms with Crippen LogP contribution in [0.3, 0.4) is 0 Å². The Hall–Kier alpha value is -5.67. The highest BCUT2D eigenvalue weighted by atomic mass is 14.9. The molecule has 1 aromatic heterocycles. The zero-order valence-corrected chi connectivity index (χ0v) is 27.0. The molecule has 0 unspecified atom stereocenters. The molecule has 0 amide bonds. The van der Waals surface area contributed by atoms with E-state index >= 15 is 0 Å². The van der Waals surface area contributed by atoms with Crippen LogP contribution in [0.4, 0.5) is 0 Å². The van der Waals surface area contributed by atoms with Crippen LogP contribution in [0.2, 0.25) is 0 Å². The van der Waals surface area contributed by atoms with Gasteiger partial charge in [-0.2, -0.15) is 0 Å². The minimum atomic E-state index is -0.0269. The van der Waals surface area contributed by atoms with Crippen molar-refractivity contribution in [2.45, 2.75) is 25.7 Å². The number of nitrogens with two attached hydrogens (primary N) is 1. The van der Waals surface area contributed by atoms with E-state index < -0.39 is 0 Å². The first-order chi connectivity index (χ1) is 22.9. The molecule has 3 heteroatoms. The van der Waals surface area contributed by atoms with Gasteiger partial charge in [-0.15, -0.1) is 0 Å². The molecule has 0 aliphatic heterocycles. The third kappa shape index (κ3) is 4.45. The molecule has 6 aromatic carbocycles. The maximum absolute atomic E-state index is 7.95. The van der Waals surface area contributed by atoms with E-state index in [0.717, 1.165) is 17.5 Å². The van der Waals surface area contributed by atoms with E-state index in [1.54, 1.807) is 6.08 Å². The van der Waals surface area contributed by atoms with Gasteiger partial charge in [0, 0.05) is 40.9 Å². The molecular formula is C44H37N3. The molecule has 0 saturated carbocycles. The first-order valence-corrected chi connectivity index (χ1v) is 16.3. The smallest absolute Gasteiger partial charge is 0.0632 e. The molecule has 3 nitrogen and oxygen atoms in total. The molecular weight excluding hydrogens is 571 g/mol. The van der Waals surface area contributed by atoms with Crippen molar-refractivity contribution in [3.8, 4) is 22.3 Å². The molecule has 0 saturated heterocycles. The van der Waals surface area contributed by atoms with Gasteiger partial charge in [0.2, 0.25) is 0 Å².